The number of ether oxygens (including phenoxy) is 1. The molecule has 0 spiro atoms. The number of aromatic nitrogens is 2. The van der Waals surface area contributed by atoms with Gasteiger partial charge in [-0.05, 0) is 13.3 Å². The van der Waals surface area contributed by atoms with Crippen LogP contribution in [0.25, 0.3) is 0 Å². The molecular formula is C12H17F2N3O. The third-order valence-electron chi connectivity index (χ3n) is 2.66. The van der Waals surface area contributed by atoms with Crippen molar-refractivity contribution in [3.8, 4) is 0 Å². The number of hydrogen-bond acceptors (Lipinski definition) is 4. The lowest BCUT2D eigenvalue weighted by molar-refractivity contribution is -0.0679. The average Bonchev–Trinajstić information content (AvgIpc) is 2.11. The Balaban J connectivity index is 1.97. The van der Waals surface area contributed by atoms with Crippen molar-refractivity contribution in [2.75, 3.05) is 24.6 Å². The Morgan fingerprint density at radius 3 is 2.67 bits per heavy atom. The first-order valence-corrected chi connectivity index (χ1v) is 5.99. The van der Waals surface area contributed by atoms with Gasteiger partial charge in [-0.1, -0.05) is 0 Å². The molecule has 0 aliphatic carbocycles. The maximum atomic E-state index is 12.6. The van der Waals surface area contributed by atoms with Gasteiger partial charge in [-0.25, -0.2) is 18.7 Å². The molecule has 1 saturated heterocycles. The number of rotatable bonds is 5. The predicted molar refractivity (Wildman–Crippen MR) is 63.9 cm³/mol. The summed E-state index contributed by atoms with van der Waals surface area (Å²) in [5, 5.41) is 0. The average molecular weight is 257 g/mol. The minimum atomic E-state index is -2.80. The molecule has 2 heterocycles. The lowest BCUT2D eigenvalue weighted by Crippen LogP contribution is -2.37. The number of aryl methyl sites for hydroxylation is 1. The van der Waals surface area contributed by atoms with Crippen LogP contribution in [0.2, 0.25) is 0 Å². The summed E-state index contributed by atoms with van der Waals surface area (Å²) in [5.41, 5.74) is 0.647. The van der Waals surface area contributed by atoms with Gasteiger partial charge < -0.3 is 9.64 Å². The van der Waals surface area contributed by atoms with E-state index < -0.39 is 12.5 Å². The lowest BCUT2D eigenvalue weighted by Gasteiger charge is -2.32. The van der Waals surface area contributed by atoms with Gasteiger partial charge in [0.15, 0.2) is 0 Å². The first-order chi connectivity index (χ1) is 8.44. The second kappa shape index (κ2) is 5.14. The Bertz CT molecular complexity index is 416. The third-order valence-corrected chi connectivity index (χ3v) is 2.66. The lowest BCUT2D eigenvalue weighted by atomic mass is 10.2. The third kappa shape index (κ3) is 3.60. The van der Waals surface area contributed by atoms with Gasteiger partial charge in [-0.2, -0.15) is 0 Å². The molecule has 1 aliphatic rings. The van der Waals surface area contributed by atoms with Crippen LogP contribution < -0.4 is 4.90 Å². The molecule has 4 nitrogen and oxygen atoms in total. The minimum Gasteiger partial charge on any atom is -0.369 e. The number of nitrogens with zero attached hydrogens (tertiary/aromatic N) is 3. The molecule has 0 N–H and O–H groups in total. The highest BCUT2D eigenvalue weighted by molar-refractivity contribution is 5.41. The van der Waals surface area contributed by atoms with E-state index in [1.54, 1.807) is 13.0 Å². The van der Waals surface area contributed by atoms with Crippen LogP contribution in [0.15, 0.2) is 6.07 Å². The van der Waals surface area contributed by atoms with Crippen molar-refractivity contribution >= 4 is 5.82 Å². The zero-order valence-electron chi connectivity index (χ0n) is 10.6. The van der Waals surface area contributed by atoms with Crippen molar-refractivity contribution in [1.29, 1.82) is 0 Å². The SMILES string of the molecule is Cc1nc(COCC(C)(F)F)cc(N2CCC2)n1. The number of anilines is 1. The smallest absolute Gasteiger partial charge is 0.268 e. The first-order valence-electron chi connectivity index (χ1n) is 5.99. The van der Waals surface area contributed by atoms with Gasteiger partial charge in [0, 0.05) is 26.1 Å². The van der Waals surface area contributed by atoms with E-state index in [-0.39, 0.29) is 6.61 Å². The maximum absolute atomic E-state index is 12.6. The van der Waals surface area contributed by atoms with Crippen molar-refractivity contribution in [3.63, 3.8) is 0 Å². The molecule has 0 amide bonds. The van der Waals surface area contributed by atoms with E-state index in [2.05, 4.69) is 14.9 Å². The largest absolute Gasteiger partial charge is 0.369 e. The van der Waals surface area contributed by atoms with Crippen LogP contribution in [0.1, 0.15) is 24.9 Å². The summed E-state index contributed by atoms with van der Waals surface area (Å²) in [6.07, 6.45) is 1.16. The second-order valence-electron chi connectivity index (χ2n) is 4.67. The fourth-order valence-electron chi connectivity index (χ4n) is 1.73. The molecule has 6 heteroatoms. The number of alkyl halides is 2. The zero-order valence-corrected chi connectivity index (χ0v) is 10.6. The molecule has 0 aromatic carbocycles. The Morgan fingerprint density at radius 2 is 2.11 bits per heavy atom. The van der Waals surface area contributed by atoms with Crippen molar-refractivity contribution < 1.29 is 13.5 Å². The summed E-state index contributed by atoms with van der Waals surface area (Å²) in [6.45, 7) is 4.11. The molecule has 0 radical (unpaired) electrons. The topological polar surface area (TPSA) is 38.2 Å². The molecule has 1 aliphatic heterocycles. The summed E-state index contributed by atoms with van der Waals surface area (Å²) in [4.78, 5) is 10.6. The zero-order chi connectivity index (χ0) is 13.2. The number of hydrogen-bond donors (Lipinski definition) is 0. The van der Waals surface area contributed by atoms with E-state index >= 15 is 0 Å². The monoisotopic (exact) mass is 257 g/mol. The molecule has 0 saturated carbocycles. The minimum absolute atomic E-state index is 0.0909. The summed E-state index contributed by atoms with van der Waals surface area (Å²) in [5.74, 6) is -1.31. The van der Waals surface area contributed by atoms with Crippen LogP contribution in [-0.2, 0) is 11.3 Å². The van der Waals surface area contributed by atoms with Crippen molar-refractivity contribution in [1.82, 2.24) is 9.97 Å². The van der Waals surface area contributed by atoms with Crippen molar-refractivity contribution in [2.45, 2.75) is 32.8 Å². The molecule has 100 valence electrons. The van der Waals surface area contributed by atoms with Crippen molar-refractivity contribution in [3.05, 3.63) is 17.6 Å². The van der Waals surface area contributed by atoms with Crippen LogP contribution in [0.3, 0.4) is 0 Å². The first kappa shape index (κ1) is 13.1. The van der Waals surface area contributed by atoms with Gasteiger partial charge >= 0.3 is 0 Å². The predicted octanol–water partition coefficient (Wildman–Crippen LogP) is 2.17. The van der Waals surface area contributed by atoms with Crippen LogP contribution in [0, 0.1) is 6.92 Å². The van der Waals surface area contributed by atoms with Crippen LogP contribution in [-0.4, -0.2) is 35.6 Å². The van der Waals surface area contributed by atoms with E-state index in [4.69, 9.17) is 4.74 Å². The van der Waals surface area contributed by atoms with Crippen LogP contribution in [0.4, 0.5) is 14.6 Å². The Labute approximate surface area is 105 Å². The Kier molecular flexibility index (Phi) is 3.75. The highest BCUT2D eigenvalue weighted by Gasteiger charge is 2.21. The summed E-state index contributed by atoms with van der Waals surface area (Å²) < 4.78 is 30.2. The van der Waals surface area contributed by atoms with Gasteiger partial charge in [0.05, 0.1) is 12.3 Å². The quantitative estimate of drug-likeness (QED) is 0.810. The van der Waals surface area contributed by atoms with Gasteiger partial charge in [0.25, 0.3) is 5.92 Å². The molecule has 1 aromatic rings. The van der Waals surface area contributed by atoms with Gasteiger partial charge in [0.2, 0.25) is 0 Å². The fourth-order valence-corrected chi connectivity index (χ4v) is 1.73. The summed E-state index contributed by atoms with van der Waals surface area (Å²) >= 11 is 0. The molecule has 1 aromatic heterocycles. The normalized spacial score (nSPS) is 15.7. The fraction of sp³-hybridized carbons (Fsp3) is 0.667. The molecule has 0 unspecified atom stereocenters. The molecule has 2 rings (SSSR count). The van der Waals surface area contributed by atoms with Gasteiger partial charge in [0.1, 0.15) is 18.2 Å². The van der Waals surface area contributed by atoms with Crippen LogP contribution in [0.5, 0.6) is 0 Å². The Hall–Kier alpha value is -1.30. The number of halogens is 2. The van der Waals surface area contributed by atoms with Crippen LogP contribution >= 0.6 is 0 Å². The van der Waals surface area contributed by atoms with E-state index in [9.17, 15) is 8.78 Å². The molecule has 1 fully saturated rings. The molecule has 18 heavy (non-hydrogen) atoms. The Morgan fingerprint density at radius 1 is 1.39 bits per heavy atom. The standard InChI is InChI=1S/C12H17F2N3O/c1-9-15-10(7-18-8-12(2,13)14)6-11(16-9)17-4-3-5-17/h6H,3-5,7-8H2,1-2H3. The molecule has 0 atom stereocenters. The van der Waals surface area contributed by atoms with E-state index in [0.29, 0.717) is 11.5 Å². The van der Waals surface area contributed by atoms with Gasteiger partial charge in [-0.3, -0.25) is 0 Å². The maximum Gasteiger partial charge on any atom is 0.268 e. The molecule has 0 bridgehead atoms. The van der Waals surface area contributed by atoms with E-state index in [0.717, 1.165) is 32.3 Å². The highest BCUT2D eigenvalue weighted by atomic mass is 19.3. The van der Waals surface area contributed by atoms with E-state index in [1.807, 2.05) is 0 Å². The van der Waals surface area contributed by atoms with E-state index in [1.165, 1.54) is 0 Å². The molecular weight excluding hydrogens is 240 g/mol. The van der Waals surface area contributed by atoms with Crippen molar-refractivity contribution in [2.24, 2.45) is 0 Å². The van der Waals surface area contributed by atoms with Gasteiger partial charge in [-0.15, -0.1) is 0 Å². The summed E-state index contributed by atoms with van der Waals surface area (Å²) in [6, 6.07) is 1.81. The highest BCUT2D eigenvalue weighted by Crippen LogP contribution is 2.19. The second-order valence-corrected chi connectivity index (χ2v) is 4.67. The summed E-state index contributed by atoms with van der Waals surface area (Å²) in [7, 11) is 0.